The molecule has 2 heterocycles. The summed E-state index contributed by atoms with van der Waals surface area (Å²) in [4.78, 5) is 0. The minimum atomic E-state index is -0.258. The largest absolute Gasteiger partial charge is 0.396 e. The van der Waals surface area contributed by atoms with Gasteiger partial charge in [-0.2, -0.15) is 0 Å². The fraction of sp³-hybridized carbons (Fsp3) is 0.913. The molecule has 0 radical (unpaired) electrons. The zero-order valence-electron chi connectivity index (χ0n) is 16.5. The van der Waals surface area contributed by atoms with E-state index < -0.39 is 0 Å². The van der Waals surface area contributed by atoms with Crippen molar-refractivity contribution in [3.63, 3.8) is 0 Å². The van der Waals surface area contributed by atoms with Gasteiger partial charge in [0.15, 0.2) is 0 Å². The molecule has 2 N–H and O–H groups in total. The van der Waals surface area contributed by atoms with E-state index in [1.165, 1.54) is 77.0 Å². The monoisotopic (exact) mass is 364 g/mol. The van der Waals surface area contributed by atoms with Gasteiger partial charge in [-0.25, -0.2) is 0 Å². The summed E-state index contributed by atoms with van der Waals surface area (Å²) in [5.74, 6) is 1.65. The molecule has 0 aromatic rings. The second kappa shape index (κ2) is 10.8. The smallest absolute Gasteiger partial charge is 0.0749 e. The number of unbranched alkanes of at least 4 members (excludes halogenated alkanes) is 4. The Bertz CT molecular complexity index is 414. The number of aliphatic hydroxyl groups excluding tert-OH is 2. The maximum Gasteiger partial charge on any atom is 0.0749 e. The summed E-state index contributed by atoms with van der Waals surface area (Å²) >= 11 is 0. The van der Waals surface area contributed by atoms with Gasteiger partial charge in [0.2, 0.25) is 0 Å². The molecule has 3 rings (SSSR count). The molecule has 3 aliphatic rings. The zero-order chi connectivity index (χ0) is 18.2. The highest BCUT2D eigenvalue weighted by atomic mass is 16.5. The van der Waals surface area contributed by atoms with E-state index in [0.29, 0.717) is 36.6 Å². The molecule has 0 amide bonds. The highest BCUT2D eigenvalue weighted by Crippen LogP contribution is 2.46. The van der Waals surface area contributed by atoms with Crippen LogP contribution in [-0.4, -0.2) is 35.1 Å². The molecule has 2 bridgehead atoms. The van der Waals surface area contributed by atoms with Crippen LogP contribution in [0, 0.1) is 17.8 Å². The first kappa shape index (κ1) is 20.4. The third-order valence-electron chi connectivity index (χ3n) is 7.10. The lowest BCUT2D eigenvalue weighted by atomic mass is 9.76. The van der Waals surface area contributed by atoms with Crippen molar-refractivity contribution >= 4 is 0 Å². The van der Waals surface area contributed by atoms with Crippen molar-refractivity contribution in [2.24, 2.45) is 17.8 Å². The Balaban J connectivity index is 1.46. The van der Waals surface area contributed by atoms with Crippen LogP contribution in [0.1, 0.15) is 89.9 Å². The van der Waals surface area contributed by atoms with Gasteiger partial charge in [0.25, 0.3) is 0 Å². The van der Waals surface area contributed by atoms with Crippen molar-refractivity contribution in [2.75, 3.05) is 6.61 Å². The molecule has 1 unspecified atom stereocenters. The number of hydrogen-bond donors (Lipinski definition) is 2. The molecule has 150 valence electrons. The fourth-order valence-corrected chi connectivity index (χ4v) is 5.53. The molecule has 1 aliphatic carbocycles. The lowest BCUT2D eigenvalue weighted by molar-refractivity contribution is 0.0883. The van der Waals surface area contributed by atoms with E-state index in [9.17, 15) is 5.11 Å². The maximum absolute atomic E-state index is 10.7. The Labute approximate surface area is 160 Å². The predicted molar refractivity (Wildman–Crippen MR) is 106 cm³/mol. The van der Waals surface area contributed by atoms with Crippen molar-refractivity contribution in [2.45, 2.75) is 108 Å². The molecule has 5 atom stereocenters. The lowest BCUT2D eigenvalue weighted by Crippen LogP contribution is -2.26. The molecule has 3 nitrogen and oxygen atoms in total. The van der Waals surface area contributed by atoms with E-state index in [0.717, 1.165) is 12.8 Å². The van der Waals surface area contributed by atoms with Gasteiger partial charge in [0.05, 0.1) is 18.3 Å². The van der Waals surface area contributed by atoms with E-state index in [4.69, 9.17) is 9.84 Å². The van der Waals surface area contributed by atoms with Crippen LogP contribution < -0.4 is 0 Å². The van der Waals surface area contributed by atoms with E-state index in [-0.39, 0.29) is 6.10 Å². The summed E-state index contributed by atoms with van der Waals surface area (Å²) in [6, 6.07) is 0. The highest BCUT2D eigenvalue weighted by Gasteiger charge is 2.47. The van der Waals surface area contributed by atoms with Crippen LogP contribution in [0.3, 0.4) is 0 Å². The first-order chi connectivity index (χ1) is 12.8. The molecule has 26 heavy (non-hydrogen) atoms. The van der Waals surface area contributed by atoms with Crippen LogP contribution in [0.2, 0.25) is 0 Å². The van der Waals surface area contributed by atoms with Crippen molar-refractivity contribution in [3.05, 3.63) is 12.2 Å². The maximum atomic E-state index is 10.7. The SMILES string of the molecule is OCCCCCCC[C@@H]1[C@H](C=CC(O)C2CCCCCC2)[C@@H]2CC[C@H]1O2. The average Bonchev–Trinajstić information content (AvgIpc) is 3.14. The summed E-state index contributed by atoms with van der Waals surface area (Å²) in [5.41, 5.74) is 0. The summed E-state index contributed by atoms with van der Waals surface area (Å²) in [7, 11) is 0. The average molecular weight is 365 g/mol. The van der Waals surface area contributed by atoms with Gasteiger partial charge >= 0.3 is 0 Å². The zero-order valence-corrected chi connectivity index (χ0v) is 16.5. The summed E-state index contributed by atoms with van der Waals surface area (Å²) in [5, 5.41) is 19.5. The molecule has 0 aromatic carbocycles. The van der Waals surface area contributed by atoms with Crippen molar-refractivity contribution in [3.8, 4) is 0 Å². The van der Waals surface area contributed by atoms with Crippen LogP contribution in [0.4, 0.5) is 0 Å². The predicted octanol–water partition coefficient (Wildman–Crippen LogP) is 5.00. The van der Waals surface area contributed by atoms with Gasteiger partial charge < -0.3 is 14.9 Å². The van der Waals surface area contributed by atoms with Gasteiger partial charge in [-0.05, 0) is 50.4 Å². The number of fused-ring (bicyclic) bond motifs is 2. The molecule has 2 saturated heterocycles. The minimum absolute atomic E-state index is 0.258. The number of rotatable bonds is 10. The Hall–Kier alpha value is -0.380. The molecule has 3 fully saturated rings. The van der Waals surface area contributed by atoms with Crippen molar-refractivity contribution in [1.29, 1.82) is 0 Å². The Morgan fingerprint density at radius 1 is 0.846 bits per heavy atom. The molecule has 2 aliphatic heterocycles. The van der Waals surface area contributed by atoms with E-state index in [1.807, 2.05) is 0 Å². The van der Waals surface area contributed by atoms with Gasteiger partial charge in [-0.3, -0.25) is 0 Å². The number of ether oxygens (including phenoxy) is 1. The van der Waals surface area contributed by atoms with E-state index in [2.05, 4.69) is 12.2 Å². The Morgan fingerprint density at radius 3 is 2.31 bits per heavy atom. The second-order valence-corrected chi connectivity index (χ2v) is 8.94. The van der Waals surface area contributed by atoms with Crippen LogP contribution in [0.5, 0.6) is 0 Å². The molecular weight excluding hydrogens is 324 g/mol. The second-order valence-electron chi connectivity index (χ2n) is 8.94. The molecule has 0 spiro atoms. The first-order valence-electron chi connectivity index (χ1n) is 11.4. The summed E-state index contributed by atoms with van der Waals surface area (Å²) < 4.78 is 6.22. The third-order valence-corrected chi connectivity index (χ3v) is 7.10. The van der Waals surface area contributed by atoms with Crippen molar-refractivity contribution < 1.29 is 14.9 Å². The molecule has 3 heteroatoms. The minimum Gasteiger partial charge on any atom is -0.396 e. The van der Waals surface area contributed by atoms with Crippen LogP contribution >= 0.6 is 0 Å². The van der Waals surface area contributed by atoms with Crippen molar-refractivity contribution in [1.82, 2.24) is 0 Å². The topological polar surface area (TPSA) is 49.7 Å². The number of aliphatic hydroxyl groups is 2. The summed E-state index contributed by atoms with van der Waals surface area (Å²) in [6.45, 7) is 0.330. The molecular formula is C23H40O3. The standard InChI is InChI=1S/C23H40O3/c24-17-9-5-1-2-8-12-19-20(23-16-15-22(19)26-23)13-14-21(25)18-10-6-3-4-7-11-18/h13-14,18-25H,1-12,15-17H2/t19-,20+,21?,22-,23+/m1/s1. The van der Waals surface area contributed by atoms with Gasteiger partial charge in [-0.15, -0.1) is 0 Å². The quantitative estimate of drug-likeness (QED) is 0.326. The van der Waals surface area contributed by atoms with E-state index >= 15 is 0 Å². The summed E-state index contributed by atoms with van der Waals surface area (Å²) in [6.07, 6.45) is 22.3. The van der Waals surface area contributed by atoms with Crippen LogP contribution in [-0.2, 0) is 4.74 Å². The number of hydrogen-bond acceptors (Lipinski definition) is 3. The Morgan fingerprint density at radius 2 is 1.54 bits per heavy atom. The van der Waals surface area contributed by atoms with Gasteiger partial charge in [0, 0.05) is 12.5 Å². The fourth-order valence-electron chi connectivity index (χ4n) is 5.53. The Kier molecular flexibility index (Phi) is 8.48. The van der Waals surface area contributed by atoms with Gasteiger partial charge in [0.1, 0.15) is 0 Å². The van der Waals surface area contributed by atoms with E-state index in [1.54, 1.807) is 0 Å². The lowest BCUT2D eigenvalue weighted by Gasteiger charge is -2.26. The molecule has 0 aromatic heterocycles. The normalized spacial score (nSPS) is 33.8. The first-order valence-corrected chi connectivity index (χ1v) is 11.4. The highest BCUT2D eigenvalue weighted by molar-refractivity contribution is 5.07. The van der Waals surface area contributed by atoms with Crippen LogP contribution in [0.25, 0.3) is 0 Å². The third kappa shape index (κ3) is 5.56. The molecule has 1 saturated carbocycles. The van der Waals surface area contributed by atoms with Crippen LogP contribution in [0.15, 0.2) is 12.2 Å². The van der Waals surface area contributed by atoms with Gasteiger partial charge in [-0.1, -0.05) is 63.5 Å².